The van der Waals surface area contributed by atoms with Gasteiger partial charge in [-0.05, 0) is 17.5 Å². The normalized spacial score (nSPS) is 16.8. The van der Waals surface area contributed by atoms with Crippen LogP contribution in [-0.4, -0.2) is 22.6 Å². The number of nitrogens with one attached hydrogen (secondary N) is 1. The summed E-state index contributed by atoms with van der Waals surface area (Å²) in [6.45, 7) is 0.809. The van der Waals surface area contributed by atoms with Crippen molar-refractivity contribution in [3.8, 4) is 0 Å². The lowest BCUT2D eigenvalue weighted by molar-refractivity contribution is 0.0702. The van der Waals surface area contributed by atoms with E-state index >= 15 is 0 Å². The van der Waals surface area contributed by atoms with E-state index in [1.807, 2.05) is 0 Å². The molecule has 0 spiro atoms. The minimum atomic E-state index is -0.922. The topological polar surface area (TPSA) is 62.2 Å². The predicted octanol–water partition coefficient (Wildman–Crippen LogP) is 2.59. The maximum absolute atomic E-state index is 10.7. The minimum absolute atomic E-state index is 0.270. The number of anilines is 1. The van der Waals surface area contributed by atoms with Gasteiger partial charge in [0.15, 0.2) is 5.13 Å². The van der Waals surface area contributed by atoms with Crippen molar-refractivity contribution in [1.82, 2.24) is 4.98 Å². The standard InChI is InChI=1S/C13H12N2O2S/c16-12(17)11-7-15-13(18-11)14-6-9-5-8-3-1-2-4-10(8)9/h1-4,7,9H,5-6H2,(H,14,15)(H,16,17). The predicted molar refractivity (Wildman–Crippen MR) is 70.5 cm³/mol. The smallest absolute Gasteiger partial charge is 0.347 e. The molecule has 0 saturated heterocycles. The molecule has 1 aliphatic rings. The fourth-order valence-corrected chi connectivity index (χ4v) is 2.87. The Balaban J connectivity index is 1.61. The van der Waals surface area contributed by atoms with Crippen molar-refractivity contribution in [1.29, 1.82) is 0 Å². The number of hydrogen-bond donors (Lipinski definition) is 2. The van der Waals surface area contributed by atoms with Gasteiger partial charge in [-0.15, -0.1) is 0 Å². The molecule has 1 heterocycles. The van der Waals surface area contributed by atoms with Crippen LogP contribution in [0.2, 0.25) is 0 Å². The van der Waals surface area contributed by atoms with Crippen molar-refractivity contribution >= 4 is 22.4 Å². The van der Waals surface area contributed by atoms with Crippen molar-refractivity contribution in [2.75, 3.05) is 11.9 Å². The Morgan fingerprint density at radius 2 is 2.33 bits per heavy atom. The first-order chi connectivity index (χ1) is 8.74. The molecule has 4 nitrogen and oxygen atoms in total. The highest BCUT2D eigenvalue weighted by Crippen LogP contribution is 2.35. The Labute approximate surface area is 108 Å². The Morgan fingerprint density at radius 3 is 3.06 bits per heavy atom. The third-order valence-electron chi connectivity index (χ3n) is 3.18. The van der Waals surface area contributed by atoms with E-state index in [0.29, 0.717) is 11.0 Å². The summed E-state index contributed by atoms with van der Waals surface area (Å²) in [5.74, 6) is -0.409. The second kappa shape index (κ2) is 4.42. The number of carbonyl (C=O) groups is 1. The average molecular weight is 260 g/mol. The fourth-order valence-electron chi connectivity index (χ4n) is 2.21. The zero-order chi connectivity index (χ0) is 12.5. The SMILES string of the molecule is O=C(O)c1cnc(NCC2Cc3ccccc32)s1. The van der Waals surface area contributed by atoms with Gasteiger partial charge in [0.25, 0.3) is 0 Å². The highest BCUT2D eigenvalue weighted by Gasteiger charge is 2.25. The highest BCUT2D eigenvalue weighted by molar-refractivity contribution is 7.17. The van der Waals surface area contributed by atoms with E-state index in [9.17, 15) is 4.79 Å². The molecule has 1 aliphatic carbocycles. The van der Waals surface area contributed by atoms with E-state index in [4.69, 9.17) is 5.11 Å². The van der Waals surface area contributed by atoms with E-state index in [1.165, 1.54) is 28.7 Å². The molecule has 1 unspecified atom stereocenters. The minimum Gasteiger partial charge on any atom is -0.477 e. The summed E-state index contributed by atoms with van der Waals surface area (Å²) in [7, 11) is 0. The molecule has 0 saturated carbocycles. The molecule has 3 rings (SSSR count). The van der Waals surface area contributed by atoms with Crippen molar-refractivity contribution in [2.24, 2.45) is 0 Å². The van der Waals surface area contributed by atoms with Gasteiger partial charge in [-0.3, -0.25) is 0 Å². The highest BCUT2D eigenvalue weighted by atomic mass is 32.1. The summed E-state index contributed by atoms with van der Waals surface area (Å²) >= 11 is 1.18. The first-order valence-electron chi connectivity index (χ1n) is 5.75. The summed E-state index contributed by atoms with van der Waals surface area (Å²) in [5.41, 5.74) is 2.80. The quantitative estimate of drug-likeness (QED) is 0.887. The van der Waals surface area contributed by atoms with Gasteiger partial charge in [0.2, 0.25) is 0 Å². The zero-order valence-electron chi connectivity index (χ0n) is 9.59. The lowest BCUT2D eigenvalue weighted by Crippen LogP contribution is -2.24. The first-order valence-corrected chi connectivity index (χ1v) is 6.56. The van der Waals surface area contributed by atoms with Crippen molar-refractivity contribution in [3.05, 3.63) is 46.5 Å². The Kier molecular flexibility index (Phi) is 2.76. The van der Waals surface area contributed by atoms with Gasteiger partial charge >= 0.3 is 5.97 Å². The van der Waals surface area contributed by atoms with E-state index in [2.05, 4.69) is 34.6 Å². The molecule has 0 radical (unpaired) electrons. The number of thiazole rings is 1. The Hall–Kier alpha value is -1.88. The van der Waals surface area contributed by atoms with Crippen LogP contribution in [0.4, 0.5) is 5.13 Å². The van der Waals surface area contributed by atoms with E-state index < -0.39 is 5.97 Å². The molecular weight excluding hydrogens is 248 g/mol. The molecule has 0 amide bonds. The van der Waals surface area contributed by atoms with Crippen LogP contribution in [0.15, 0.2) is 30.5 Å². The van der Waals surface area contributed by atoms with E-state index in [1.54, 1.807) is 0 Å². The monoisotopic (exact) mass is 260 g/mol. The number of aromatic carboxylic acids is 1. The summed E-state index contributed by atoms with van der Waals surface area (Å²) < 4.78 is 0. The molecule has 0 fully saturated rings. The number of aromatic nitrogens is 1. The molecule has 1 aromatic carbocycles. The molecule has 0 bridgehead atoms. The fraction of sp³-hybridized carbons (Fsp3) is 0.231. The average Bonchev–Trinajstić information content (AvgIpc) is 2.79. The molecule has 2 aromatic rings. The van der Waals surface area contributed by atoms with Crippen molar-refractivity contribution in [2.45, 2.75) is 12.3 Å². The number of rotatable bonds is 4. The molecule has 92 valence electrons. The number of hydrogen-bond acceptors (Lipinski definition) is 4. The number of nitrogens with zero attached hydrogens (tertiary/aromatic N) is 1. The van der Waals surface area contributed by atoms with Crippen LogP contribution in [0, 0.1) is 0 Å². The first kappa shape index (κ1) is 11.2. The molecule has 5 heteroatoms. The van der Waals surface area contributed by atoms with E-state index in [-0.39, 0.29) is 4.88 Å². The molecule has 1 aromatic heterocycles. The van der Waals surface area contributed by atoms with E-state index in [0.717, 1.165) is 13.0 Å². The second-order valence-electron chi connectivity index (χ2n) is 4.32. The molecule has 2 N–H and O–H groups in total. The Bertz CT molecular complexity index is 594. The number of carboxylic acid groups (broad SMARTS) is 1. The second-order valence-corrected chi connectivity index (χ2v) is 5.35. The largest absolute Gasteiger partial charge is 0.477 e. The molecule has 18 heavy (non-hydrogen) atoms. The van der Waals surface area contributed by atoms with Crippen molar-refractivity contribution < 1.29 is 9.90 Å². The van der Waals surface area contributed by atoms with Crippen LogP contribution in [0.1, 0.15) is 26.7 Å². The number of fused-ring (bicyclic) bond motifs is 1. The van der Waals surface area contributed by atoms with Gasteiger partial charge in [0.05, 0.1) is 6.20 Å². The third kappa shape index (κ3) is 1.97. The van der Waals surface area contributed by atoms with Crippen LogP contribution in [-0.2, 0) is 6.42 Å². The molecule has 0 aliphatic heterocycles. The maximum atomic E-state index is 10.7. The van der Waals surface area contributed by atoms with Gasteiger partial charge in [0.1, 0.15) is 4.88 Å². The van der Waals surface area contributed by atoms with Crippen LogP contribution in [0.25, 0.3) is 0 Å². The van der Waals surface area contributed by atoms with Crippen LogP contribution in [0.3, 0.4) is 0 Å². The number of carboxylic acids is 1. The Morgan fingerprint density at radius 1 is 1.50 bits per heavy atom. The summed E-state index contributed by atoms with van der Waals surface area (Å²) in [6.07, 6.45) is 2.48. The van der Waals surface area contributed by atoms with Gasteiger partial charge in [-0.25, -0.2) is 9.78 Å². The molecular formula is C13H12N2O2S. The van der Waals surface area contributed by atoms with Crippen LogP contribution >= 0.6 is 11.3 Å². The third-order valence-corrected chi connectivity index (χ3v) is 4.12. The lowest BCUT2D eigenvalue weighted by Gasteiger charge is -2.30. The molecule has 1 atom stereocenters. The van der Waals surface area contributed by atoms with Crippen molar-refractivity contribution in [3.63, 3.8) is 0 Å². The van der Waals surface area contributed by atoms with Gasteiger partial charge in [-0.1, -0.05) is 35.6 Å². The maximum Gasteiger partial charge on any atom is 0.347 e. The summed E-state index contributed by atoms with van der Waals surface area (Å²) in [4.78, 5) is 15.0. The van der Waals surface area contributed by atoms with Crippen LogP contribution in [0.5, 0.6) is 0 Å². The summed E-state index contributed by atoms with van der Waals surface area (Å²) in [5, 5.41) is 12.7. The summed E-state index contributed by atoms with van der Waals surface area (Å²) in [6, 6.07) is 8.41. The zero-order valence-corrected chi connectivity index (χ0v) is 10.4. The van der Waals surface area contributed by atoms with Gasteiger partial charge in [0, 0.05) is 12.5 Å². The van der Waals surface area contributed by atoms with Gasteiger partial charge in [-0.2, -0.15) is 0 Å². The van der Waals surface area contributed by atoms with Crippen LogP contribution < -0.4 is 5.32 Å². The van der Waals surface area contributed by atoms with Gasteiger partial charge < -0.3 is 10.4 Å². The lowest BCUT2D eigenvalue weighted by atomic mass is 9.78. The number of benzene rings is 1.